The molecular weight excluding hydrogens is 218 g/mol. The van der Waals surface area contributed by atoms with Crippen LogP contribution in [0.4, 0.5) is 5.69 Å². The quantitative estimate of drug-likeness (QED) is 0.803. The van der Waals surface area contributed by atoms with Crippen LogP contribution >= 0.6 is 0 Å². The summed E-state index contributed by atoms with van der Waals surface area (Å²) >= 11 is 0. The maximum atomic E-state index is 11.5. The molecule has 1 aromatic carbocycles. The van der Waals surface area contributed by atoms with Gasteiger partial charge in [-0.25, -0.2) is 0 Å². The number of carbonyl (C=O) groups excluding carboxylic acids is 1. The molecule has 17 heavy (non-hydrogen) atoms. The Morgan fingerprint density at radius 3 is 2.76 bits per heavy atom. The first-order valence-corrected chi connectivity index (χ1v) is 5.21. The summed E-state index contributed by atoms with van der Waals surface area (Å²) in [6.07, 6.45) is 3.08. The topological polar surface area (TPSA) is 70.1 Å². The molecule has 0 spiro atoms. The van der Waals surface area contributed by atoms with E-state index in [1.165, 1.54) is 10.9 Å². The van der Waals surface area contributed by atoms with Gasteiger partial charge in [0.2, 0.25) is 0 Å². The van der Waals surface area contributed by atoms with E-state index in [2.05, 4.69) is 5.10 Å². The molecule has 1 heterocycles. The molecule has 0 amide bonds. The molecule has 0 saturated heterocycles. The van der Waals surface area contributed by atoms with E-state index in [9.17, 15) is 4.79 Å². The van der Waals surface area contributed by atoms with E-state index in [4.69, 9.17) is 10.5 Å². The fourth-order valence-corrected chi connectivity index (χ4v) is 1.38. The minimum absolute atomic E-state index is 0.0734. The molecular formula is C12H13N3O2. The van der Waals surface area contributed by atoms with E-state index in [1.54, 1.807) is 6.20 Å². The number of nitrogen functional groups attached to an aromatic ring is 1. The van der Waals surface area contributed by atoms with Crippen LogP contribution < -0.4 is 5.73 Å². The molecule has 0 aliphatic rings. The highest BCUT2D eigenvalue weighted by Gasteiger charge is 2.05. The van der Waals surface area contributed by atoms with Crippen molar-refractivity contribution in [1.29, 1.82) is 0 Å². The Hall–Kier alpha value is -2.30. The van der Waals surface area contributed by atoms with E-state index < -0.39 is 0 Å². The van der Waals surface area contributed by atoms with Crippen molar-refractivity contribution in [2.75, 3.05) is 5.73 Å². The van der Waals surface area contributed by atoms with Gasteiger partial charge in [-0.3, -0.25) is 9.48 Å². The Morgan fingerprint density at radius 1 is 1.35 bits per heavy atom. The van der Waals surface area contributed by atoms with Crippen LogP contribution in [-0.4, -0.2) is 15.7 Å². The van der Waals surface area contributed by atoms with Crippen molar-refractivity contribution in [2.24, 2.45) is 0 Å². The third-order valence-electron chi connectivity index (χ3n) is 2.19. The number of aromatic nitrogens is 2. The van der Waals surface area contributed by atoms with Crippen molar-refractivity contribution >= 4 is 11.7 Å². The molecule has 0 atom stereocenters. The summed E-state index contributed by atoms with van der Waals surface area (Å²) in [6.45, 7) is 0.348. The molecule has 0 unspecified atom stereocenters. The van der Waals surface area contributed by atoms with Crippen LogP contribution in [0.25, 0.3) is 0 Å². The monoisotopic (exact) mass is 231 g/mol. The summed E-state index contributed by atoms with van der Waals surface area (Å²) in [5.41, 5.74) is 6.97. The maximum absolute atomic E-state index is 11.5. The molecule has 0 fully saturated rings. The smallest absolute Gasteiger partial charge is 0.328 e. The lowest BCUT2D eigenvalue weighted by Gasteiger charge is -2.04. The van der Waals surface area contributed by atoms with E-state index in [0.717, 1.165) is 5.56 Å². The minimum Gasteiger partial charge on any atom is -0.459 e. The van der Waals surface area contributed by atoms with Crippen molar-refractivity contribution in [2.45, 2.75) is 13.2 Å². The number of esters is 1. The number of benzene rings is 1. The summed E-state index contributed by atoms with van der Waals surface area (Å²) in [5, 5.41) is 3.90. The number of carbonyl (C=O) groups is 1. The van der Waals surface area contributed by atoms with Crippen molar-refractivity contribution in [1.82, 2.24) is 9.78 Å². The number of rotatable bonds is 4. The summed E-state index contributed by atoms with van der Waals surface area (Å²) in [6, 6.07) is 9.52. The third kappa shape index (κ3) is 3.34. The second-order valence-electron chi connectivity index (χ2n) is 3.62. The normalized spacial score (nSPS) is 10.1. The number of nitrogens with zero attached hydrogens (tertiary/aromatic N) is 2. The molecule has 2 N–H and O–H groups in total. The van der Waals surface area contributed by atoms with Gasteiger partial charge in [-0.05, 0) is 5.56 Å². The first-order valence-electron chi connectivity index (χ1n) is 5.21. The van der Waals surface area contributed by atoms with Crippen LogP contribution in [0.15, 0.2) is 42.7 Å². The lowest BCUT2D eigenvalue weighted by molar-refractivity contribution is -0.145. The largest absolute Gasteiger partial charge is 0.459 e. The van der Waals surface area contributed by atoms with Gasteiger partial charge in [0.05, 0.1) is 11.9 Å². The highest BCUT2D eigenvalue weighted by Crippen LogP contribution is 2.02. The molecule has 0 saturated carbocycles. The van der Waals surface area contributed by atoms with Gasteiger partial charge in [-0.15, -0.1) is 0 Å². The van der Waals surface area contributed by atoms with Crippen molar-refractivity contribution < 1.29 is 9.53 Å². The van der Waals surface area contributed by atoms with Crippen molar-refractivity contribution in [3.63, 3.8) is 0 Å². The number of anilines is 1. The van der Waals surface area contributed by atoms with E-state index in [0.29, 0.717) is 5.69 Å². The number of hydrogen-bond donors (Lipinski definition) is 1. The lowest BCUT2D eigenvalue weighted by Crippen LogP contribution is -2.13. The standard InChI is InChI=1S/C12H13N3O2/c13-11-6-14-15(7-11)8-12(16)17-9-10-4-2-1-3-5-10/h1-7H,8-9,13H2. The zero-order valence-corrected chi connectivity index (χ0v) is 9.24. The highest BCUT2D eigenvalue weighted by atomic mass is 16.5. The summed E-state index contributed by atoms with van der Waals surface area (Å²) in [7, 11) is 0. The van der Waals surface area contributed by atoms with Gasteiger partial charge in [-0.1, -0.05) is 30.3 Å². The zero-order valence-electron chi connectivity index (χ0n) is 9.24. The minimum atomic E-state index is -0.336. The number of ether oxygens (including phenoxy) is 1. The highest BCUT2D eigenvalue weighted by molar-refractivity contribution is 5.69. The van der Waals surface area contributed by atoms with Gasteiger partial charge in [0.25, 0.3) is 0 Å². The summed E-state index contributed by atoms with van der Waals surface area (Å²) < 4.78 is 6.55. The van der Waals surface area contributed by atoms with E-state index >= 15 is 0 Å². The van der Waals surface area contributed by atoms with Crippen LogP contribution in [0.2, 0.25) is 0 Å². The Labute approximate surface area is 98.8 Å². The van der Waals surface area contributed by atoms with Gasteiger partial charge in [0.1, 0.15) is 13.2 Å². The third-order valence-corrected chi connectivity index (χ3v) is 2.19. The van der Waals surface area contributed by atoms with Crippen molar-refractivity contribution in [3.8, 4) is 0 Å². The van der Waals surface area contributed by atoms with Crippen LogP contribution in [0.5, 0.6) is 0 Å². The Kier molecular flexibility index (Phi) is 3.40. The lowest BCUT2D eigenvalue weighted by atomic mass is 10.2. The van der Waals surface area contributed by atoms with Gasteiger partial charge in [-0.2, -0.15) is 5.10 Å². The molecule has 5 nitrogen and oxygen atoms in total. The van der Waals surface area contributed by atoms with Crippen LogP contribution in [0.3, 0.4) is 0 Å². The second kappa shape index (κ2) is 5.16. The second-order valence-corrected chi connectivity index (χ2v) is 3.62. The van der Waals surface area contributed by atoms with Gasteiger partial charge >= 0.3 is 5.97 Å². The fourth-order valence-electron chi connectivity index (χ4n) is 1.38. The van der Waals surface area contributed by atoms with Gasteiger partial charge < -0.3 is 10.5 Å². The average Bonchev–Trinajstić information content (AvgIpc) is 2.73. The van der Waals surface area contributed by atoms with Crippen molar-refractivity contribution in [3.05, 3.63) is 48.3 Å². The molecule has 0 bridgehead atoms. The van der Waals surface area contributed by atoms with Crippen LogP contribution in [-0.2, 0) is 22.7 Å². The zero-order chi connectivity index (χ0) is 12.1. The number of nitrogens with two attached hydrogens (primary N) is 1. The first kappa shape index (κ1) is 11.2. The summed E-state index contributed by atoms with van der Waals surface area (Å²) in [4.78, 5) is 11.5. The Bertz CT molecular complexity index is 493. The van der Waals surface area contributed by atoms with Crippen LogP contribution in [0, 0.1) is 0 Å². The predicted octanol–water partition coefficient (Wildman–Crippen LogP) is 1.21. The molecule has 0 radical (unpaired) electrons. The first-order chi connectivity index (χ1) is 8.24. The molecule has 0 aliphatic carbocycles. The Morgan fingerprint density at radius 2 is 2.12 bits per heavy atom. The maximum Gasteiger partial charge on any atom is 0.328 e. The van der Waals surface area contributed by atoms with Crippen LogP contribution in [0.1, 0.15) is 5.56 Å². The molecule has 2 aromatic rings. The van der Waals surface area contributed by atoms with Gasteiger partial charge in [0, 0.05) is 6.20 Å². The molecule has 0 aliphatic heterocycles. The number of hydrogen-bond acceptors (Lipinski definition) is 4. The molecule has 88 valence electrons. The Balaban J connectivity index is 1.82. The van der Waals surface area contributed by atoms with E-state index in [1.807, 2.05) is 30.3 Å². The molecule has 5 heteroatoms. The fraction of sp³-hybridized carbons (Fsp3) is 0.167. The average molecular weight is 231 g/mol. The molecule has 2 rings (SSSR count). The van der Waals surface area contributed by atoms with E-state index in [-0.39, 0.29) is 19.1 Å². The summed E-state index contributed by atoms with van der Waals surface area (Å²) in [5.74, 6) is -0.336. The van der Waals surface area contributed by atoms with Gasteiger partial charge in [0.15, 0.2) is 0 Å². The SMILES string of the molecule is Nc1cnn(CC(=O)OCc2ccccc2)c1. The predicted molar refractivity (Wildman–Crippen MR) is 62.9 cm³/mol. The molecule has 1 aromatic heterocycles.